The van der Waals surface area contributed by atoms with Crippen molar-refractivity contribution in [2.24, 2.45) is 5.73 Å². The van der Waals surface area contributed by atoms with Crippen molar-refractivity contribution < 1.29 is 5.11 Å². The molecule has 1 aromatic carbocycles. The summed E-state index contributed by atoms with van der Waals surface area (Å²) in [7, 11) is 0. The van der Waals surface area contributed by atoms with E-state index in [1.807, 2.05) is 25.1 Å². The molecule has 0 aromatic heterocycles. The van der Waals surface area contributed by atoms with E-state index in [1.165, 1.54) is 0 Å². The van der Waals surface area contributed by atoms with Crippen LogP contribution < -0.4 is 5.73 Å². The molecule has 4 heteroatoms. The first-order chi connectivity index (χ1) is 6.47. The summed E-state index contributed by atoms with van der Waals surface area (Å²) in [5.41, 5.74) is 6.69. The molecule has 1 atom stereocenters. The molecule has 0 saturated carbocycles. The SMILES string of the molecule is CC(N)(CCO)c1ccc(Br)c(I)c1. The molecule has 78 valence electrons. The van der Waals surface area contributed by atoms with Gasteiger partial charge in [0.15, 0.2) is 0 Å². The lowest BCUT2D eigenvalue weighted by Crippen LogP contribution is -2.34. The summed E-state index contributed by atoms with van der Waals surface area (Å²) in [4.78, 5) is 0. The molecule has 0 fully saturated rings. The first kappa shape index (κ1) is 12.4. The fourth-order valence-corrected chi connectivity index (χ4v) is 1.99. The highest BCUT2D eigenvalue weighted by Gasteiger charge is 2.20. The number of benzene rings is 1. The maximum absolute atomic E-state index is 8.90. The second-order valence-corrected chi connectivity index (χ2v) is 5.54. The van der Waals surface area contributed by atoms with Crippen LogP contribution in [0, 0.1) is 3.57 Å². The largest absolute Gasteiger partial charge is 0.396 e. The van der Waals surface area contributed by atoms with Crippen molar-refractivity contribution in [3.8, 4) is 0 Å². The summed E-state index contributed by atoms with van der Waals surface area (Å²) in [5.74, 6) is 0. The maximum Gasteiger partial charge on any atom is 0.0451 e. The number of nitrogens with two attached hydrogens (primary N) is 1. The van der Waals surface area contributed by atoms with Crippen LogP contribution in [0.1, 0.15) is 18.9 Å². The third-order valence-corrected chi connectivity index (χ3v) is 4.54. The third-order valence-electron chi connectivity index (χ3n) is 2.21. The molecule has 1 unspecified atom stereocenters. The van der Waals surface area contributed by atoms with E-state index in [-0.39, 0.29) is 6.61 Å². The molecule has 0 spiro atoms. The van der Waals surface area contributed by atoms with E-state index in [1.54, 1.807) is 0 Å². The van der Waals surface area contributed by atoms with Gasteiger partial charge in [-0.05, 0) is 69.6 Å². The number of aliphatic hydroxyl groups is 1. The van der Waals surface area contributed by atoms with E-state index in [4.69, 9.17) is 10.8 Å². The lowest BCUT2D eigenvalue weighted by atomic mass is 9.90. The van der Waals surface area contributed by atoms with Gasteiger partial charge < -0.3 is 10.8 Å². The van der Waals surface area contributed by atoms with Crippen LogP contribution in [-0.2, 0) is 5.54 Å². The topological polar surface area (TPSA) is 46.2 Å². The van der Waals surface area contributed by atoms with E-state index in [0.717, 1.165) is 13.6 Å². The Morgan fingerprint density at radius 2 is 2.21 bits per heavy atom. The zero-order valence-corrected chi connectivity index (χ0v) is 11.7. The lowest BCUT2D eigenvalue weighted by Gasteiger charge is -2.24. The molecule has 2 nitrogen and oxygen atoms in total. The van der Waals surface area contributed by atoms with Gasteiger partial charge in [0.25, 0.3) is 0 Å². The van der Waals surface area contributed by atoms with Crippen molar-refractivity contribution in [3.63, 3.8) is 0 Å². The predicted molar refractivity (Wildman–Crippen MR) is 70.1 cm³/mol. The molecule has 1 rings (SSSR count). The van der Waals surface area contributed by atoms with Gasteiger partial charge >= 0.3 is 0 Å². The molecular weight excluding hydrogens is 357 g/mol. The Kier molecular flexibility index (Phi) is 4.36. The zero-order chi connectivity index (χ0) is 10.8. The number of hydrogen-bond donors (Lipinski definition) is 2. The molecule has 0 amide bonds. The quantitative estimate of drug-likeness (QED) is 0.804. The van der Waals surface area contributed by atoms with Gasteiger partial charge in [-0.3, -0.25) is 0 Å². The van der Waals surface area contributed by atoms with Gasteiger partial charge in [0.05, 0.1) is 0 Å². The van der Waals surface area contributed by atoms with E-state index in [9.17, 15) is 0 Å². The van der Waals surface area contributed by atoms with E-state index in [2.05, 4.69) is 38.5 Å². The summed E-state index contributed by atoms with van der Waals surface area (Å²) in [6.07, 6.45) is 0.574. The Bertz CT molecular complexity index is 328. The van der Waals surface area contributed by atoms with E-state index < -0.39 is 5.54 Å². The number of aliphatic hydroxyl groups excluding tert-OH is 1. The molecule has 0 aliphatic carbocycles. The van der Waals surface area contributed by atoms with Gasteiger partial charge in [-0.25, -0.2) is 0 Å². The van der Waals surface area contributed by atoms with Gasteiger partial charge in [0.1, 0.15) is 0 Å². The van der Waals surface area contributed by atoms with Crippen molar-refractivity contribution in [1.29, 1.82) is 0 Å². The molecule has 0 aliphatic rings. The van der Waals surface area contributed by atoms with Crippen molar-refractivity contribution in [2.45, 2.75) is 18.9 Å². The smallest absolute Gasteiger partial charge is 0.0451 e. The summed E-state index contributed by atoms with van der Waals surface area (Å²) < 4.78 is 2.20. The van der Waals surface area contributed by atoms with Gasteiger partial charge in [-0.2, -0.15) is 0 Å². The highest BCUT2D eigenvalue weighted by Crippen LogP contribution is 2.27. The van der Waals surface area contributed by atoms with Crippen LogP contribution in [0.3, 0.4) is 0 Å². The Hall–Kier alpha value is 0.350. The molecule has 1 aromatic rings. The highest BCUT2D eigenvalue weighted by molar-refractivity contribution is 14.1. The van der Waals surface area contributed by atoms with Crippen LogP contribution in [0.25, 0.3) is 0 Å². The second kappa shape index (κ2) is 4.92. The van der Waals surface area contributed by atoms with Crippen LogP contribution in [0.2, 0.25) is 0 Å². The summed E-state index contributed by atoms with van der Waals surface area (Å²) in [6.45, 7) is 2.04. The Balaban J connectivity index is 3.01. The summed E-state index contributed by atoms with van der Waals surface area (Å²) in [6, 6.07) is 6.02. The van der Waals surface area contributed by atoms with Gasteiger partial charge in [0.2, 0.25) is 0 Å². The third kappa shape index (κ3) is 2.92. The minimum atomic E-state index is -0.449. The standard InChI is InChI=1S/C10H13BrINO/c1-10(13,4-5-14)7-2-3-8(11)9(12)6-7/h2-3,6,14H,4-5,13H2,1H3. The number of rotatable bonds is 3. The fraction of sp³-hybridized carbons (Fsp3) is 0.400. The summed E-state index contributed by atoms with van der Waals surface area (Å²) >= 11 is 5.69. The van der Waals surface area contributed by atoms with Crippen LogP contribution in [-0.4, -0.2) is 11.7 Å². The average molecular weight is 370 g/mol. The summed E-state index contributed by atoms with van der Waals surface area (Å²) in [5, 5.41) is 8.90. The average Bonchev–Trinajstić information content (AvgIpc) is 2.09. The fourth-order valence-electron chi connectivity index (χ4n) is 1.23. The first-order valence-corrected chi connectivity index (χ1v) is 6.20. The minimum Gasteiger partial charge on any atom is -0.396 e. The van der Waals surface area contributed by atoms with Crippen LogP contribution in [0.4, 0.5) is 0 Å². The van der Waals surface area contributed by atoms with Crippen molar-refractivity contribution in [1.82, 2.24) is 0 Å². The maximum atomic E-state index is 8.90. The van der Waals surface area contributed by atoms with Crippen LogP contribution >= 0.6 is 38.5 Å². The predicted octanol–water partition coefficient (Wildman–Crippen LogP) is 2.61. The zero-order valence-electron chi connectivity index (χ0n) is 7.93. The Labute approximate surface area is 106 Å². The molecule has 0 radical (unpaired) electrons. The van der Waals surface area contributed by atoms with Gasteiger partial charge in [-0.1, -0.05) is 6.07 Å². The van der Waals surface area contributed by atoms with Crippen LogP contribution in [0.15, 0.2) is 22.7 Å². The molecule has 0 bridgehead atoms. The highest BCUT2D eigenvalue weighted by atomic mass is 127. The number of hydrogen-bond acceptors (Lipinski definition) is 2. The Morgan fingerprint density at radius 3 is 2.71 bits per heavy atom. The molecule has 0 heterocycles. The van der Waals surface area contributed by atoms with Crippen molar-refractivity contribution >= 4 is 38.5 Å². The van der Waals surface area contributed by atoms with Gasteiger partial charge in [-0.15, -0.1) is 0 Å². The van der Waals surface area contributed by atoms with Crippen molar-refractivity contribution in [3.05, 3.63) is 31.8 Å². The Morgan fingerprint density at radius 1 is 1.57 bits per heavy atom. The molecule has 0 saturated heterocycles. The molecule has 3 N–H and O–H groups in total. The molecular formula is C10H13BrINO. The van der Waals surface area contributed by atoms with E-state index >= 15 is 0 Å². The monoisotopic (exact) mass is 369 g/mol. The minimum absolute atomic E-state index is 0.111. The van der Waals surface area contributed by atoms with Gasteiger partial charge in [0, 0.05) is 20.2 Å². The number of halogens is 2. The van der Waals surface area contributed by atoms with Crippen LogP contribution in [0.5, 0.6) is 0 Å². The molecule has 0 aliphatic heterocycles. The second-order valence-electron chi connectivity index (χ2n) is 3.52. The molecule has 14 heavy (non-hydrogen) atoms. The normalized spacial score (nSPS) is 15.2. The lowest BCUT2D eigenvalue weighted by molar-refractivity contribution is 0.247. The first-order valence-electron chi connectivity index (χ1n) is 4.32. The van der Waals surface area contributed by atoms with E-state index in [0.29, 0.717) is 6.42 Å². The van der Waals surface area contributed by atoms with Crippen molar-refractivity contribution in [2.75, 3.05) is 6.61 Å².